The summed E-state index contributed by atoms with van der Waals surface area (Å²) in [5.74, 6) is -1.90. The molecular weight excluding hydrogens is 513 g/mol. The van der Waals surface area contributed by atoms with Gasteiger partial charge in [-0.1, -0.05) is 6.07 Å². The van der Waals surface area contributed by atoms with E-state index >= 15 is 0 Å². The van der Waals surface area contributed by atoms with Gasteiger partial charge in [-0.25, -0.2) is 36.9 Å². The highest BCUT2D eigenvalue weighted by molar-refractivity contribution is 5.31. The minimum Gasteiger partial charge on any atom is -0.382 e. The highest BCUT2D eigenvalue weighted by Gasteiger charge is 2.36. The van der Waals surface area contributed by atoms with E-state index < -0.39 is 17.2 Å². The van der Waals surface area contributed by atoms with Gasteiger partial charge in [-0.2, -0.15) is 10.2 Å². The Kier molecular flexibility index (Phi) is 7.91. The maximum atomic E-state index is 14.7. The number of benzene rings is 2. The first-order valence-electron chi connectivity index (χ1n) is 12.7. The van der Waals surface area contributed by atoms with Crippen LogP contribution < -0.4 is 5.69 Å². The van der Waals surface area contributed by atoms with Crippen LogP contribution in [-0.4, -0.2) is 83.3 Å². The van der Waals surface area contributed by atoms with Crippen molar-refractivity contribution in [3.8, 4) is 5.69 Å². The van der Waals surface area contributed by atoms with E-state index in [1.54, 1.807) is 0 Å². The van der Waals surface area contributed by atoms with Crippen molar-refractivity contribution in [1.29, 1.82) is 0 Å². The third kappa shape index (κ3) is 6.27. The zero-order chi connectivity index (χ0) is 27.4. The van der Waals surface area contributed by atoms with Crippen molar-refractivity contribution in [2.75, 3.05) is 39.3 Å². The predicted molar refractivity (Wildman–Crippen MR) is 136 cm³/mol. The highest BCUT2D eigenvalue weighted by Crippen LogP contribution is 2.28. The summed E-state index contributed by atoms with van der Waals surface area (Å²) in [6.07, 6.45) is 4.91. The maximum absolute atomic E-state index is 14.7. The molecule has 0 saturated carbocycles. The normalized spacial score (nSPS) is 16.4. The van der Waals surface area contributed by atoms with E-state index in [0.717, 1.165) is 31.8 Å². The van der Waals surface area contributed by atoms with Crippen molar-refractivity contribution in [2.45, 2.75) is 25.1 Å². The van der Waals surface area contributed by atoms with Gasteiger partial charge < -0.3 is 10.0 Å². The molecule has 0 amide bonds. The Hall–Kier alpha value is -3.81. The summed E-state index contributed by atoms with van der Waals surface area (Å²) in [6.45, 7) is 4.03. The Morgan fingerprint density at radius 2 is 1.56 bits per heavy atom. The Bertz CT molecular complexity index is 1430. The van der Waals surface area contributed by atoms with E-state index in [1.807, 2.05) is 4.90 Å². The SMILES string of the molecule is O=c1n(-c2ccc(F)cc2)cnn1CCCN1CCN(CC(O)(Cn2cncn2)c2ccc(F)cc2F)CC1. The molecule has 4 aromatic rings. The molecule has 1 atom stereocenters. The van der Waals surface area contributed by atoms with Gasteiger partial charge in [0.25, 0.3) is 0 Å². The zero-order valence-corrected chi connectivity index (χ0v) is 21.2. The van der Waals surface area contributed by atoms with Crippen LogP contribution in [0.25, 0.3) is 5.69 Å². The Balaban J connectivity index is 1.15. The molecular formula is C26H29F3N8O2. The average Bonchev–Trinajstić information content (AvgIpc) is 3.55. The Morgan fingerprint density at radius 3 is 2.26 bits per heavy atom. The van der Waals surface area contributed by atoms with Crippen molar-refractivity contribution in [1.82, 2.24) is 38.9 Å². The van der Waals surface area contributed by atoms with E-state index in [0.29, 0.717) is 31.7 Å². The van der Waals surface area contributed by atoms with E-state index in [2.05, 4.69) is 20.1 Å². The Labute approximate surface area is 222 Å². The van der Waals surface area contributed by atoms with Gasteiger partial charge in [-0.15, -0.1) is 0 Å². The first-order valence-corrected chi connectivity index (χ1v) is 12.7. The van der Waals surface area contributed by atoms with Gasteiger partial charge in [0, 0.05) is 57.4 Å². The lowest BCUT2D eigenvalue weighted by molar-refractivity contribution is -0.0319. The van der Waals surface area contributed by atoms with Crippen LogP contribution in [0.15, 0.2) is 66.2 Å². The first kappa shape index (κ1) is 26.8. The van der Waals surface area contributed by atoms with Crippen LogP contribution in [0.4, 0.5) is 13.2 Å². The quantitative estimate of drug-likeness (QED) is 0.326. The number of rotatable bonds is 10. The molecule has 10 nitrogen and oxygen atoms in total. The number of nitrogens with zero attached hydrogens (tertiary/aromatic N) is 8. The van der Waals surface area contributed by atoms with Gasteiger partial charge in [-0.3, -0.25) is 4.90 Å². The molecule has 1 aliphatic rings. The minimum absolute atomic E-state index is 0.00680. The second-order valence-corrected chi connectivity index (χ2v) is 9.70. The molecule has 3 heterocycles. The number of aromatic nitrogens is 6. The molecule has 1 fully saturated rings. The van der Waals surface area contributed by atoms with Crippen LogP contribution in [0.3, 0.4) is 0 Å². The lowest BCUT2D eigenvalue weighted by Crippen LogP contribution is -2.52. The molecule has 0 radical (unpaired) electrons. The summed E-state index contributed by atoms with van der Waals surface area (Å²) in [4.78, 5) is 20.9. The third-order valence-electron chi connectivity index (χ3n) is 6.96. The molecule has 1 aliphatic heterocycles. The maximum Gasteiger partial charge on any atom is 0.350 e. The number of halogens is 3. The van der Waals surface area contributed by atoms with Gasteiger partial charge >= 0.3 is 5.69 Å². The fourth-order valence-electron chi connectivity index (χ4n) is 4.92. The van der Waals surface area contributed by atoms with Crippen molar-refractivity contribution >= 4 is 0 Å². The minimum atomic E-state index is -1.64. The van der Waals surface area contributed by atoms with Crippen LogP contribution in [0.5, 0.6) is 0 Å². The van der Waals surface area contributed by atoms with Gasteiger partial charge in [0.15, 0.2) is 0 Å². The molecule has 5 rings (SSSR count). The van der Waals surface area contributed by atoms with Crippen LogP contribution >= 0.6 is 0 Å². The number of hydrogen-bond acceptors (Lipinski definition) is 7. The summed E-state index contributed by atoms with van der Waals surface area (Å²) in [5.41, 5.74) is -1.37. The average molecular weight is 543 g/mol. The van der Waals surface area contributed by atoms with Crippen molar-refractivity contribution in [2.24, 2.45) is 0 Å². The summed E-state index contributed by atoms with van der Waals surface area (Å²) in [7, 11) is 0. The molecule has 206 valence electrons. The molecule has 0 bridgehead atoms. The molecule has 39 heavy (non-hydrogen) atoms. The second kappa shape index (κ2) is 11.5. The molecule has 0 spiro atoms. The first-order chi connectivity index (χ1) is 18.8. The van der Waals surface area contributed by atoms with E-state index in [-0.39, 0.29) is 30.2 Å². The fourth-order valence-corrected chi connectivity index (χ4v) is 4.92. The van der Waals surface area contributed by atoms with Crippen LogP contribution in [0, 0.1) is 17.5 Å². The van der Waals surface area contributed by atoms with Gasteiger partial charge in [-0.05, 0) is 36.8 Å². The van der Waals surface area contributed by atoms with Crippen molar-refractivity contribution in [3.05, 3.63) is 94.9 Å². The number of aryl methyl sites for hydroxylation is 1. The highest BCUT2D eigenvalue weighted by atomic mass is 19.1. The van der Waals surface area contributed by atoms with Crippen LogP contribution in [0.1, 0.15) is 12.0 Å². The largest absolute Gasteiger partial charge is 0.382 e. The van der Waals surface area contributed by atoms with Crippen LogP contribution in [-0.2, 0) is 18.7 Å². The van der Waals surface area contributed by atoms with Gasteiger partial charge in [0.1, 0.15) is 42.0 Å². The molecule has 1 unspecified atom stereocenters. The van der Waals surface area contributed by atoms with Crippen molar-refractivity contribution in [3.63, 3.8) is 0 Å². The topological polar surface area (TPSA) is 97.2 Å². The summed E-state index contributed by atoms with van der Waals surface area (Å²) in [5, 5.41) is 19.8. The van der Waals surface area contributed by atoms with E-state index in [1.165, 1.54) is 63.2 Å². The molecule has 2 aromatic heterocycles. The number of hydrogen-bond donors (Lipinski definition) is 1. The molecule has 0 aliphatic carbocycles. The Morgan fingerprint density at radius 1 is 0.846 bits per heavy atom. The monoisotopic (exact) mass is 542 g/mol. The number of aliphatic hydroxyl groups is 1. The van der Waals surface area contributed by atoms with Crippen LogP contribution in [0.2, 0.25) is 0 Å². The van der Waals surface area contributed by atoms with Crippen molar-refractivity contribution < 1.29 is 18.3 Å². The lowest BCUT2D eigenvalue weighted by Gasteiger charge is -2.39. The zero-order valence-electron chi connectivity index (χ0n) is 21.2. The summed E-state index contributed by atoms with van der Waals surface area (Å²) < 4.78 is 45.6. The number of piperazine rings is 1. The lowest BCUT2D eigenvalue weighted by atomic mass is 9.92. The standard InChI is InChI=1S/C26H29F3N8O2/c27-20-2-5-22(6-3-20)36-19-32-37(25(36)38)9-1-8-33-10-12-34(13-11-33)15-26(39,16-35-18-30-17-31-35)23-7-4-21(28)14-24(23)29/h2-7,14,17-19,39H,1,8-13,15-16H2. The van der Waals surface area contributed by atoms with Gasteiger partial charge in [0.05, 0.1) is 12.2 Å². The molecule has 13 heteroatoms. The second-order valence-electron chi connectivity index (χ2n) is 9.70. The summed E-state index contributed by atoms with van der Waals surface area (Å²) >= 11 is 0. The fraction of sp³-hybridized carbons (Fsp3) is 0.385. The summed E-state index contributed by atoms with van der Waals surface area (Å²) in [6, 6.07) is 8.83. The smallest absolute Gasteiger partial charge is 0.350 e. The number of β-amino-alcohol motifs (C(OH)–C–C–N with tert-alkyl or cyclic N) is 1. The molecule has 1 saturated heterocycles. The third-order valence-corrected chi connectivity index (χ3v) is 6.96. The molecule has 1 N–H and O–H groups in total. The predicted octanol–water partition coefficient (Wildman–Crippen LogP) is 1.64. The molecule has 2 aromatic carbocycles. The van der Waals surface area contributed by atoms with Gasteiger partial charge in [0.2, 0.25) is 0 Å². The van der Waals surface area contributed by atoms with E-state index in [4.69, 9.17) is 0 Å². The van der Waals surface area contributed by atoms with E-state index in [9.17, 15) is 23.1 Å².